The standard InChI is InChI=1S/C22H27FN6O/c1-4-16-22(30)27-20-14(2)15(5-6-17(20)25-16)13-28-9-11-29(12-10-28)18-7-8-19(24-3)26-21(18)23/h5-8H,4,9-13H2,1-3H3,(H,24,26)(H,27,30). The molecule has 4 rings (SSSR count). The molecule has 1 aliphatic rings. The number of hydrogen-bond donors (Lipinski definition) is 2. The van der Waals surface area contributed by atoms with E-state index in [1.165, 1.54) is 5.56 Å². The second-order valence-corrected chi connectivity index (χ2v) is 7.63. The summed E-state index contributed by atoms with van der Waals surface area (Å²) in [7, 11) is 1.73. The molecule has 8 heteroatoms. The number of aryl methyl sites for hydroxylation is 2. The maximum atomic E-state index is 14.3. The number of benzene rings is 1. The Bertz CT molecular complexity index is 1120. The summed E-state index contributed by atoms with van der Waals surface area (Å²) in [5.74, 6) is 0.0869. The molecule has 158 valence electrons. The van der Waals surface area contributed by atoms with Crippen LogP contribution in [-0.2, 0) is 13.0 Å². The van der Waals surface area contributed by atoms with Crippen LogP contribution in [0.3, 0.4) is 0 Å². The number of rotatable bonds is 5. The molecule has 1 aromatic carbocycles. The summed E-state index contributed by atoms with van der Waals surface area (Å²) in [6, 6.07) is 7.65. The highest BCUT2D eigenvalue weighted by Gasteiger charge is 2.21. The van der Waals surface area contributed by atoms with Crippen molar-refractivity contribution in [3.05, 3.63) is 57.4 Å². The molecule has 2 N–H and O–H groups in total. The van der Waals surface area contributed by atoms with E-state index in [0.717, 1.165) is 49.3 Å². The third kappa shape index (κ3) is 3.87. The maximum absolute atomic E-state index is 14.3. The first-order valence-corrected chi connectivity index (χ1v) is 10.3. The summed E-state index contributed by atoms with van der Waals surface area (Å²) in [6.07, 6.45) is 0.615. The zero-order valence-electron chi connectivity index (χ0n) is 17.6. The average Bonchev–Trinajstić information content (AvgIpc) is 2.76. The lowest BCUT2D eigenvalue weighted by Gasteiger charge is -2.36. The Kier molecular flexibility index (Phi) is 5.67. The largest absolute Gasteiger partial charge is 0.373 e. The molecule has 0 amide bonds. The Morgan fingerprint density at radius 3 is 2.57 bits per heavy atom. The van der Waals surface area contributed by atoms with E-state index in [0.29, 0.717) is 23.6 Å². The lowest BCUT2D eigenvalue weighted by Crippen LogP contribution is -2.46. The maximum Gasteiger partial charge on any atom is 0.270 e. The van der Waals surface area contributed by atoms with Crippen molar-refractivity contribution in [3.8, 4) is 0 Å². The number of aromatic nitrogens is 3. The number of fused-ring (bicyclic) bond motifs is 1. The van der Waals surface area contributed by atoms with Gasteiger partial charge in [-0.25, -0.2) is 9.97 Å². The van der Waals surface area contributed by atoms with Crippen LogP contribution in [0.15, 0.2) is 29.1 Å². The number of aromatic amines is 1. The van der Waals surface area contributed by atoms with E-state index in [-0.39, 0.29) is 5.56 Å². The van der Waals surface area contributed by atoms with Crippen LogP contribution in [0, 0.1) is 12.9 Å². The minimum Gasteiger partial charge on any atom is -0.373 e. The van der Waals surface area contributed by atoms with Crippen molar-refractivity contribution in [3.63, 3.8) is 0 Å². The molecule has 2 aromatic heterocycles. The summed E-state index contributed by atoms with van der Waals surface area (Å²) in [5.41, 5.74) is 4.86. The Hall–Kier alpha value is -3.00. The highest BCUT2D eigenvalue weighted by atomic mass is 19.1. The predicted molar refractivity (Wildman–Crippen MR) is 118 cm³/mol. The molecule has 0 radical (unpaired) electrons. The Morgan fingerprint density at radius 1 is 1.13 bits per heavy atom. The number of H-pyrrole nitrogens is 1. The van der Waals surface area contributed by atoms with Crippen molar-refractivity contribution in [1.82, 2.24) is 19.9 Å². The number of nitrogens with one attached hydrogen (secondary N) is 2. The van der Waals surface area contributed by atoms with Gasteiger partial charge in [0.2, 0.25) is 5.95 Å². The van der Waals surface area contributed by atoms with Crippen LogP contribution < -0.4 is 15.8 Å². The minimum atomic E-state index is -0.441. The highest BCUT2D eigenvalue weighted by molar-refractivity contribution is 5.79. The fourth-order valence-electron chi connectivity index (χ4n) is 3.97. The Balaban J connectivity index is 1.47. The van der Waals surface area contributed by atoms with E-state index in [4.69, 9.17) is 0 Å². The van der Waals surface area contributed by atoms with Crippen LogP contribution >= 0.6 is 0 Å². The zero-order valence-corrected chi connectivity index (χ0v) is 17.6. The summed E-state index contributed by atoms with van der Waals surface area (Å²) in [4.78, 5) is 28.0. The van der Waals surface area contributed by atoms with Crippen LogP contribution in [0.25, 0.3) is 11.0 Å². The van der Waals surface area contributed by atoms with Gasteiger partial charge in [-0.15, -0.1) is 0 Å². The Morgan fingerprint density at radius 2 is 1.90 bits per heavy atom. The van der Waals surface area contributed by atoms with Crippen molar-refractivity contribution in [1.29, 1.82) is 0 Å². The van der Waals surface area contributed by atoms with Gasteiger partial charge in [0.1, 0.15) is 11.5 Å². The topological polar surface area (TPSA) is 77.2 Å². The van der Waals surface area contributed by atoms with Crippen LogP contribution in [0.1, 0.15) is 23.7 Å². The molecule has 0 saturated carbocycles. The van der Waals surface area contributed by atoms with E-state index < -0.39 is 5.95 Å². The lowest BCUT2D eigenvalue weighted by atomic mass is 10.1. The Labute approximate surface area is 175 Å². The molecule has 0 unspecified atom stereocenters. The highest BCUT2D eigenvalue weighted by Crippen LogP contribution is 2.23. The van der Waals surface area contributed by atoms with Gasteiger partial charge in [-0.3, -0.25) is 9.69 Å². The zero-order chi connectivity index (χ0) is 21.3. The van der Waals surface area contributed by atoms with E-state index >= 15 is 0 Å². The second-order valence-electron chi connectivity index (χ2n) is 7.63. The lowest BCUT2D eigenvalue weighted by molar-refractivity contribution is 0.248. The number of halogens is 1. The number of anilines is 2. The van der Waals surface area contributed by atoms with Gasteiger partial charge in [-0.05, 0) is 42.7 Å². The van der Waals surface area contributed by atoms with Gasteiger partial charge >= 0.3 is 0 Å². The second kappa shape index (κ2) is 8.39. The van der Waals surface area contributed by atoms with Crippen molar-refractivity contribution < 1.29 is 4.39 Å². The first kappa shape index (κ1) is 20.3. The molecule has 30 heavy (non-hydrogen) atoms. The van der Waals surface area contributed by atoms with Crippen molar-refractivity contribution in [2.75, 3.05) is 43.4 Å². The molecular weight excluding hydrogens is 383 g/mol. The molecule has 1 aliphatic heterocycles. The van der Waals surface area contributed by atoms with Crippen LogP contribution in [-0.4, -0.2) is 53.1 Å². The van der Waals surface area contributed by atoms with Crippen molar-refractivity contribution in [2.24, 2.45) is 0 Å². The summed E-state index contributed by atoms with van der Waals surface area (Å²) >= 11 is 0. The van der Waals surface area contributed by atoms with E-state index in [1.807, 2.05) is 24.8 Å². The van der Waals surface area contributed by atoms with Crippen LogP contribution in [0.4, 0.5) is 15.9 Å². The molecular formula is C22H27FN6O. The van der Waals surface area contributed by atoms with Gasteiger partial charge in [0.15, 0.2) is 0 Å². The molecule has 1 fully saturated rings. The first-order chi connectivity index (χ1) is 14.5. The van der Waals surface area contributed by atoms with E-state index in [9.17, 15) is 9.18 Å². The van der Waals surface area contributed by atoms with Gasteiger partial charge < -0.3 is 15.2 Å². The fraction of sp³-hybridized carbons (Fsp3) is 0.409. The normalized spacial score (nSPS) is 15.0. The van der Waals surface area contributed by atoms with Crippen LogP contribution in [0.2, 0.25) is 0 Å². The third-order valence-corrected chi connectivity index (χ3v) is 5.84. The SMILES string of the molecule is CCc1nc2ccc(CN3CCN(c4ccc(NC)nc4F)CC3)c(C)c2[nH]c1=O. The minimum absolute atomic E-state index is 0.112. The number of hydrogen-bond acceptors (Lipinski definition) is 6. The average molecular weight is 410 g/mol. The van der Waals surface area contributed by atoms with Crippen LogP contribution in [0.5, 0.6) is 0 Å². The molecule has 0 bridgehead atoms. The van der Waals surface area contributed by atoms with Gasteiger partial charge in [0.25, 0.3) is 5.56 Å². The molecule has 0 atom stereocenters. The molecule has 1 saturated heterocycles. The monoisotopic (exact) mass is 410 g/mol. The first-order valence-electron chi connectivity index (χ1n) is 10.3. The third-order valence-electron chi connectivity index (χ3n) is 5.84. The molecule has 3 aromatic rings. The fourth-order valence-corrected chi connectivity index (χ4v) is 3.97. The van der Waals surface area contributed by atoms with E-state index in [2.05, 4.69) is 31.2 Å². The molecule has 7 nitrogen and oxygen atoms in total. The molecule has 0 aliphatic carbocycles. The quantitative estimate of drug-likeness (QED) is 0.630. The van der Waals surface area contributed by atoms with Crippen molar-refractivity contribution >= 4 is 22.5 Å². The van der Waals surface area contributed by atoms with Gasteiger partial charge in [-0.2, -0.15) is 4.39 Å². The smallest absolute Gasteiger partial charge is 0.270 e. The molecule has 0 spiro atoms. The summed E-state index contributed by atoms with van der Waals surface area (Å²) in [5, 5.41) is 2.86. The predicted octanol–water partition coefficient (Wildman–Crippen LogP) is 2.69. The summed E-state index contributed by atoms with van der Waals surface area (Å²) in [6.45, 7) is 7.88. The van der Waals surface area contributed by atoms with E-state index in [1.54, 1.807) is 19.2 Å². The molecule has 3 heterocycles. The van der Waals surface area contributed by atoms with Gasteiger partial charge in [0, 0.05) is 39.8 Å². The number of pyridine rings is 1. The number of nitrogens with zero attached hydrogens (tertiary/aromatic N) is 4. The summed E-state index contributed by atoms with van der Waals surface area (Å²) < 4.78 is 14.3. The number of piperazine rings is 1. The van der Waals surface area contributed by atoms with Gasteiger partial charge in [0.05, 0.1) is 16.7 Å². The van der Waals surface area contributed by atoms with Crippen molar-refractivity contribution in [2.45, 2.75) is 26.8 Å². The van der Waals surface area contributed by atoms with Gasteiger partial charge in [-0.1, -0.05) is 13.0 Å².